The van der Waals surface area contributed by atoms with E-state index in [1.165, 1.54) is 38.5 Å². The Kier molecular flexibility index (Phi) is 3.87. The molecular formula is C15H26N4. The fraction of sp³-hybridized carbons (Fsp3) is 0.867. The van der Waals surface area contributed by atoms with Gasteiger partial charge in [-0.1, -0.05) is 39.0 Å². The molecule has 1 saturated carbocycles. The number of hydrogen-bond acceptors (Lipinski definition) is 3. The molecule has 2 heterocycles. The summed E-state index contributed by atoms with van der Waals surface area (Å²) in [7, 11) is 0. The van der Waals surface area contributed by atoms with Crippen LogP contribution in [-0.4, -0.2) is 14.8 Å². The molecule has 19 heavy (non-hydrogen) atoms. The summed E-state index contributed by atoms with van der Waals surface area (Å²) in [6.45, 7) is 3.20. The fourth-order valence-corrected chi connectivity index (χ4v) is 3.49. The molecule has 4 nitrogen and oxygen atoms in total. The van der Waals surface area contributed by atoms with Gasteiger partial charge in [-0.3, -0.25) is 0 Å². The number of nitrogens with zero attached hydrogens (tertiary/aromatic N) is 3. The normalized spacial score (nSPS) is 28.3. The minimum absolute atomic E-state index is 0.0738. The predicted octanol–water partition coefficient (Wildman–Crippen LogP) is 2.83. The van der Waals surface area contributed by atoms with Crippen molar-refractivity contribution in [3.05, 3.63) is 11.6 Å². The van der Waals surface area contributed by atoms with Crippen LogP contribution in [0.4, 0.5) is 0 Å². The van der Waals surface area contributed by atoms with Crippen molar-refractivity contribution in [2.45, 2.75) is 70.9 Å². The smallest absolute Gasteiger partial charge is 0.151 e. The van der Waals surface area contributed by atoms with E-state index in [4.69, 9.17) is 10.7 Å². The standard InChI is InChI=1S/C15H26N4/c1-11-9-10-19-15(14(11)16)17-13(18-19)8-7-12-5-3-2-4-6-12/h11-12,14H,2-10,16H2,1H3. The minimum Gasteiger partial charge on any atom is -0.321 e. The largest absolute Gasteiger partial charge is 0.321 e. The summed E-state index contributed by atoms with van der Waals surface area (Å²) >= 11 is 0. The van der Waals surface area contributed by atoms with Crippen molar-refractivity contribution in [3.8, 4) is 0 Å². The molecule has 1 aromatic heterocycles. The van der Waals surface area contributed by atoms with Crippen LogP contribution in [-0.2, 0) is 13.0 Å². The van der Waals surface area contributed by atoms with Gasteiger partial charge in [0.2, 0.25) is 0 Å². The van der Waals surface area contributed by atoms with E-state index in [0.717, 1.165) is 37.0 Å². The predicted molar refractivity (Wildman–Crippen MR) is 75.6 cm³/mol. The van der Waals surface area contributed by atoms with E-state index in [1.807, 2.05) is 4.68 Å². The number of aromatic nitrogens is 3. The third-order valence-corrected chi connectivity index (χ3v) is 4.95. The Balaban J connectivity index is 1.61. The van der Waals surface area contributed by atoms with E-state index in [9.17, 15) is 0 Å². The quantitative estimate of drug-likeness (QED) is 0.911. The second kappa shape index (κ2) is 5.61. The fourth-order valence-electron chi connectivity index (χ4n) is 3.49. The van der Waals surface area contributed by atoms with Crippen LogP contribution >= 0.6 is 0 Å². The molecule has 1 aliphatic heterocycles. The molecule has 0 radical (unpaired) electrons. The molecule has 106 valence electrons. The van der Waals surface area contributed by atoms with Gasteiger partial charge in [0, 0.05) is 13.0 Å². The zero-order chi connectivity index (χ0) is 13.2. The zero-order valence-electron chi connectivity index (χ0n) is 12.0. The summed E-state index contributed by atoms with van der Waals surface area (Å²) in [6, 6.07) is 0.0738. The third-order valence-electron chi connectivity index (χ3n) is 4.95. The van der Waals surface area contributed by atoms with E-state index in [0.29, 0.717) is 5.92 Å². The summed E-state index contributed by atoms with van der Waals surface area (Å²) in [5.74, 6) is 3.47. The second-order valence-corrected chi connectivity index (χ2v) is 6.44. The molecule has 2 atom stereocenters. The summed E-state index contributed by atoms with van der Waals surface area (Å²) in [5.41, 5.74) is 6.22. The molecule has 2 unspecified atom stereocenters. The lowest BCUT2D eigenvalue weighted by Crippen LogP contribution is -2.29. The first kappa shape index (κ1) is 13.1. The van der Waals surface area contributed by atoms with E-state index in [-0.39, 0.29) is 6.04 Å². The van der Waals surface area contributed by atoms with Gasteiger partial charge in [-0.05, 0) is 24.7 Å². The average Bonchev–Trinajstić information content (AvgIpc) is 2.86. The number of hydrogen-bond donors (Lipinski definition) is 1. The van der Waals surface area contributed by atoms with Gasteiger partial charge < -0.3 is 5.73 Å². The summed E-state index contributed by atoms with van der Waals surface area (Å²) in [4.78, 5) is 4.69. The highest BCUT2D eigenvalue weighted by Crippen LogP contribution is 2.29. The van der Waals surface area contributed by atoms with Crippen molar-refractivity contribution in [3.63, 3.8) is 0 Å². The monoisotopic (exact) mass is 262 g/mol. The third kappa shape index (κ3) is 2.83. The lowest BCUT2D eigenvalue weighted by Gasteiger charge is -2.24. The van der Waals surface area contributed by atoms with Gasteiger partial charge in [-0.25, -0.2) is 9.67 Å². The number of rotatable bonds is 3. The van der Waals surface area contributed by atoms with Crippen LogP contribution < -0.4 is 5.73 Å². The van der Waals surface area contributed by atoms with Crippen LogP contribution in [0.2, 0.25) is 0 Å². The average molecular weight is 262 g/mol. The van der Waals surface area contributed by atoms with Gasteiger partial charge in [-0.15, -0.1) is 0 Å². The van der Waals surface area contributed by atoms with E-state index in [1.54, 1.807) is 0 Å². The highest BCUT2D eigenvalue weighted by molar-refractivity contribution is 5.03. The van der Waals surface area contributed by atoms with Crippen molar-refractivity contribution in [1.82, 2.24) is 14.8 Å². The Morgan fingerprint density at radius 3 is 2.79 bits per heavy atom. The molecule has 1 aliphatic carbocycles. The van der Waals surface area contributed by atoms with Crippen molar-refractivity contribution < 1.29 is 0 Å². The van der Waals surface area contributed by atoms with Crippen LogP contribution in [0.5, 0.6) is 0 Å². The first-order valence-electron chi connectivity index (χ1n) is 7.93. The first-order valence-corrected chi connectivity index (χ1v) is 7.93. The molecule has 2 aliphatic rings. The molecular weight excluding hydrogens is 236 g/mol. The number of fused-ring (bicyclic) bond motifs is 1. The molecule has 0 aromatic carbocycles. The Hall–Kier alpha value is -0.900. The van der Waals surface area contributed by atoms with Gasteiger partial charge >= 0.3 is 0 Å². The number of nitrogens with two attached hydrogens (primary N) is 1. The molecule has 0 bridgehead atoms. The summed E-state index contributed by atoms with van der Waals surface area (Å²) in [5, 5.41) is 4.65. The van der Waals surface area contributed by atoms with Gasteiger partial charge in [0.1, 0.15) is 5.82 Å². The lowest BCUT2D eigenvalue weighted by molar-refractivity contribution is 0.322. The molecule has 2 N–H and O–H groups in total. The molecule has 1 fully saturated rings. The molecule has 0 spiro atoms. The van der Waals surface area contributed by atoms with Gasteiger partial charge in [0.15, 0.2) is 5.82 Å². The van der Waals surface area contributed by atoms with E-state index < -0.39 is 0 Å². The van der Waals surface area contributed by atoms with Crippen molar-refractivity contribution in [1.29, 1.82) is 0 Å². The van der Waals surface area contributed by atoms with Crippen LogP contribution in [0, 0.1) is 11.8 Å². The Morgan fingerprint density at radius 1 is 1.21 bits per heavy atom. The second-order valence-electron chi connectivity index (χ2n) is 6.44. The van der Waals surface area contributed by atoms with Gasteiger partial charge in [0.25, 0.3) is 0 Å². The maximum absolute atomic E-state index is 6.22. The molecule has 3 rings (SSSR count). The highest BCUT2D eigenvalue weighted by atomic mass is 15.4. The van der Waals surface area contributed by atoms with Crippen molar-refractivity contribution in [2.24, 2.45) is 17.6 Å². The maximum atomic E-state index is 6.22. The SMILES string of the molecule is CC1CCn2nc(CCC3CCCCC3)nc2C1N. The van der Waals surface area contributed by atoms with Crippen LogP contribution in [0.3, 0.4) is 0 Å². The Bertz CT molecular complexity index is 420. The lowest BCUT2D eigenvalue weighted by atomic mass is 9.86. The van der Waals surface area contributed by atoms with E-state index in [2.05, 4.69) is 12.0 Å². The number of aryl methyl sites for hydroxylation is 2. The molecule has 1 aromatic rings. The summed E-state index contributed by atoms with van der Waals surface area (Å²) in [6.07, 6.45) is 10.5. The zero-order valence-corrected chi connectivity index (χ0v) is 12.0. The van der Waals surface area contributed by atoms with Gasteiger partial charge in [-0.2, -0.15) is 5.10 Å². The Morgan fingerprint density at radius 2 is 2.00 bits per heavy atom. The molecule has 4 heteroatoms. The first-order chi connectivity index (χ1) is 9.24. The van der Waals surface area contributed by atoms with Crippen molar-refractivity contribution >= 4 is 0 Å². The van der Waals surface area contributed by atoms with E-state index >= 15 is 0 Å². The topological polar surface area (TPSA) is 56.7 Å². The highest BCUT2D eigenvalue weighted by Gasteiger charge is 2.27. The molecule has 0 amide bonds. The minimum atomic E-state index is 0.0738. The molecule has 0 saturated heterocycles. The van der Waals surface area contributed by atoms with Crippen molar-refractivity contribution in [2.75, 3.05) is 0 Å². The van der Waals surface area contributed by atoms with Crippen LogP contribution in [0.1, 0.15) is 69.6 Å². The van der Waals surface area contributed by atoms with Gasteiger partial charge in [0.05, 0.1) is 6.04 Å². The maximum Gasteiger partial charge on any atom is 0.151 e. The van der Waals surface area contributed by atoms with Crippen LogP contribution in [0.25, 0.3) is 0 Å². The summed E-state index contributed by atoms with van der Waals surface area (Å²) < 4.78 is 2.04. The Labute approximate surface area is 115 Å². The van der Waals surface area contributed by atoms with Crippen LogP contribution in [0.15, 0.2) is 0 Å².